The average Bonchev–Trinajstić information content (AvgIpc) is 3.38. The molecule has 15 nitrogen and oxygen atoms in total. The molecule has 1 aromatic heterocycles. The van der Waals surface area contributed by atoms with Crippen LogP contribution in [0.5, 0.6) is 0 Å². The second-order valence-corrected chi connectivity index (χ2v) is 10.7. The minimum Gasteiger partial charge on any atom is -0.370 e. The molecule has 13 N–H and O–H groups in total. The van der Waals surface area contributed by atoms with Gasteiger partial charge < -0.3 is 44.6 Å². The van der Waals surface area contributed by atoms with Gasteiger partial charge in [0.1, 0.15) is 12.1 Å². The zero-order valence-electron chi connectivity index (χ0n) is 23.5. The number of primary amides is 1. The molecule has 0 aliphatic carbocycles. The lowest BCUT2D eigenvalue weighted by Gasteiger charge is -2.24. The highest BCUT2D eigenvalue weighted by Crippen LogP contribution is 2.23. The van der Waals surface area contributed by atoms with Crippen LogP contribution in [-0.4, -0.2) is 77.6 Å². The Morgan fingerprint density at radius 1 is 0.905 bits per heavy atom. The van der Waals surface area contributed by atoms with Gasteiger partial charge >= 0.3 is 0 Å². The Morgan fingerprint density at radius 2 is 1.60 bits per heavy atom. The van der Waals surface area contributed by atoms with Gasteiger partial charge in [0.25, 0.3) is 0 Å². The molecule has 0 saturated heterocycles. The third-order valence-corrected chi connectivity index (χ3v) is 7.25. The van der Waals surface area contributed by atoms with Crippen LogP contribution in [0.3, 0.4) is 0 Å². The minimum absolute atomic E-state index is 0.0822. The summed E-state index contributed by atoms with van der Waals surface area (Å²) in [6.45, 7) is 2.01. The van der Waals surface area contributed by atoms with Gasteiger partial charge in [0.05, 0.1) is 22.3 Å². The van der Waals surface area contributed by atoms with E-state index in [-0.39, 0.29) is 49.0 Å². The first kappa shape index (κ1) is 34.1. The maximum absolute atomic E-state index is 13.3. The number of thiazole rings is 1. The zero-order valence-corrected chi connectivity index (χ0v) is 24.3. The molecule has 2 rings (SSSR count). The zero-order chi connectivity index (χ0) is 31.2. The Bertz CT molecular complexity index is 1250. The lowest BCUT2D eigenvalue weighted by Crippen LogP contribution is -2.56. The van der Waals surface area contributed by atoms with Crippen molar-refractivity contribution in [1.29, 1.82) is 0 Å². The first-order valence-electron chi connectivity index (χ1n) is 13.5. The molecule has 0 saturated carbocycles. The van der Waals surface area contributed by atoms with Crippen molar-refractivity contribution in [3.8, 4) is 0 Å². The van der Waals surface area contributed by atoms with E-state index in [2.05, 4.69) is 25.9 Å². The number of guanidine groups is 1. The second-order valence-electron chi connectivity index (χ2n) is 9.69. The molecule has 0 spiro atoms. The number of ketones is 1. The van der Waals surface area contributed by atoms with Gasteiger partial charge in [-0.15, -0.1) is 11.3 Å². The summed E-state index contributed by atoms with van der Waals surface area (Å²) in [6, 6.07) is 3.13. The van der Waals surface area contributed by atoms with Gasteiger partial charge in [-0.3, -0.25) is 29.0 Å². The third-order valence-electron chi connectivity index (χ3n) is 6.20. The number of amides is 4. The summed E-state index contributed by atoms with van der Waals surface area (Å²) in [5.41, 5.74) is 28.0. The normalized spacial score (nSPS) is 13.8. The number of nitrogens with zero attached hydrogens (tertiary/aromatic N) is 2. The van der Waals surface area contributed by atoms with E-state index in [1.54, 1.807) is 6.07 Å². The van der Waals surface area contributed by atoms with Gasteiger partial charge in [0, 0.05) is 13.0 Å². The number of hydrogen-bond donors (Lipinski definition) is 8. The van der Waals surface area contributed by atoms with Crippen LogP contribution in [0.2, 0.25) is 0 Å². The summed E-state index contributed by atoms with van der Waals surface area (Å²) >= 11 is 1.22. The van der Waals surface area contributed by atoms with Crippen molar-refractivity contribution in [2.45, 2.75) is 69.6 Å². The summed E-state index contributed by atoms with van der Waals surface area (Å²) in [5, 5.41) is 7.96. The van der Waals surface area contributed by atoms with Gasteiger partial charge in [-0.2, -0.15) is 0 Å². The van der Waals surface area contributed by atoms with E-state index in [0.29, 0.717) is 24.9 Å². The van der Waals surface area contributed by atoms with Gasteiger partial charge in [-0.25, -0.2) is 4.98 Å². The first-order valence-corrected chi connectivity index (χ1v) is 14.3. The predicted octanol–water partition coefficient (Wildman–Crippen LogP) is -1.66. The lowest BCUT2D eigenvalue weighted by atomic mass is 10.1. The molecule has 4 atom stereocenters. The summed E-state index contributed by atoms with van der Waals surface area (Å²) in [4.78, 5) is 71.5. The highest BCUT2D eigenvalue weighted by molar-refractivity contribution is 7.20. The Kier molecular flexibility index (Phi) is 13.7. The Hall–Kier alpha value is -4.15. The molecule has 4 amide bonds. The number of aliphatic imine (C=N–C) groups is 1. The summed E-state index contributed by atoms with van der Waals surface area (Å²) < 4.78 is 0.836. The van der Waals surface area contributed by atoms with E-state index < -0.39 is 47.8 Å². The molecule has 2 aromatic rings. The quantitative estimate of drug-likeness (QED) is 0.0415. The van der Waals surface area contributed by atoms with Crippen LogP contribution in [0.4, 0.5) is 0 Å². The Morgan fingerprint density at radius 3 is 2.24 bits per heavy atom. The number of carbonyl (C=O) groups is 5. The smallest absolute Gasteiger partial charge is 0.243 e. The lowest BCUT2D eigenvalue weighted by molar-refractivity contribution is -0.132. The van der Waals surface area contributed by atoms with Crippen LogP contribution >= 0.6 is 11.3 Å². The van der Waals surface area contributed by atoms with Crippen molar-refractivity contribution in [3.63, 3.8) is 0 Å². The minimum atomic E-state index is -1.19. The Balaban J connectivity index is 2.05. The molecule has 0 unspecified atom stereocenters. The van der Waals surface area contributed by atoms with Gasteiger partial charge in [-0.1, -0.05) is 12.1 Å². The van der Waals surface area contributed by atoms with E-state index >= 15 is 0 Å². The number of nitrogens with one attached hydrogen (secondary N) is 3. The van der Waals surface area contributed by atoms with Crippen LogP contribution in [0.15, 0.2) is 29.3 Å². The molecule has 0 fully saturated rings. The Labute approximate surface area is 247 Å². The van der Waals surface area contributed by atoms with Crippen molar-refractivity contribution >= 4 is 56.9 Å². The number of hydrogen-bond acceptors (Lipinski definition) is 10. The molecule has 16 heteroatoms. The molecule has 0 aliphatic heterocycles. The third kappa shape index (κ3) is 11.0. The highest BCUT2D eigenvalue weighted by atomic mass is 32.1. The highest BCUT2D eigenvalue weighted by Gasteiger charge is 2.29. The van der Waals surface area contributed by atoms with Crippen molar-refractivity contribution in [2.24, 2.45) is 33.7 Å². The van der Waals surface area contributed by atoms with Crippen LogP contribution < -0.4 is 44.6 Å². The largest absolute Gasteiger partial charge is 0.370 e. The maximum Gasteiger partial charge on any atom is 0.243 e. The number of carbonyl (C=O) groups excluding carboxylic acids is 5. The fourth-order valence-electron chi connectivity index (χ4n) is 3.88. The molecular formula is C26H40N10O5S. The van der Waals surface area contributed by atoms with Crippen molar-refractivity contribution in [3.05, 3.63) is 29.3 Å². The van der Waals surface area contributed by atoms with E-state index in [0.717, 1.165) is 4.70 Å². The SMILES string of the molecule is C[C@H](NC(=O)[C@H](CCC(N)=O)NC(=O)[C@@H](N)CCCN=C(N)N)C(=O)N[C@@H](CCCN)C(=O)c1nc2ccccc2s1. The van der Waals surface area contributed by atoms with Crippen molar-refractivity contribution in [2.75, 3.05) is 13.1 Å². The van der Waals surface area contributed by atoms with Gasteiger partial charge in [-0.05, 0) is 57.7 Å². The van der Waals surface area contributed by atoms with Crippen LogP contribution in [0, 0.1) is 0 Å². The summed E-state index contributed by atoms with van der Waals surface area (Å²) in [7, 11) is 0. The molecule has 1 heterocycles. The average molecular weight is 605 g/mol. The van der Waals surface area contributed by atoms with E-state index in [1.165, 1.54) is 18.3 Å². The van der Waals surface area contributed by atoms with Crippen LogP contribution in [0.25, 0.3) is 10.2 Å². The number of benzene rings is 1. The molecule has 230 valence electrons. The van der Waals surface area contributed by atoms with E-state index in [1.807, 2.05) is 18.2 Å². The fourth-order valence-corrected chi connectivity index (χ4v) is 4.84. The predicted molar refractivity (Wildman–Crippen MR) is 160 cm³/mol. The molecule has 42 heavy (non-hydrogen) atoms. The van der Waals surface area contributed by atoms with Crippen molar-refractivity contribution in [1.82, 2.24) is 20.9 Å². The standard InChI is InChI=1S/C26H40N10O5S/c1-14(22(39)34-17(8-4-12-27)21(38)25-36-16-7-2-3-9-19(16)42-25)33-24(41)18(10-11-20(29)37)35-23(40)15(28)6-5-13-32-26(30)31/h2-3,7,9,14-15,17-18H,4-6,8,10-13,27-28H2,1H3,(H2,29,37)(H,33,41)(H,34,39)(H,35,40)(H4,30,31,32)/t14-,15-,17-,18-/m0/s1. The van der Waals surface area contributed by atoms with Crippen LogP contribution in [-0.2, 0) is 19.2 Å². The molecule has 0 bridgehead atoms. The van der Waals surface area contributed by atoms with Gasteiger partial charge in [0.15, 0.2) is 11.0 Å². The summed E-state index contributed by atoms with van der Waals surface area (Å²) in [6.07, 6.45) is 1.08. The number of rotatable bonds is 18. The van der Waals surface area contributed by atoms with Crippen LogP contribution in [0.1, 0.15) is 55.3 Å². The number of nitrogens with two attached hydrogens (primary N) is 5. The summed E-state index contributed by atoms with van der Waals surface area (Å²) in [5.74, 6) is -3.11. The number of Topliss-reactive ketones (excluding diaryl/α,β-unsaturated/α-hetero) is 1. The van der Waals surface area contributed by atoms with Crippen molar-refractivity contribution < 1.29 is 24.0 Å². The first-order chi connectivity index (χ1) is 19.9. The molecule has 1 aromatic carbocycles. The molecule has 0 radical (unpaired) electrons. The van der Waals surface area contributed by atoms with Gasteiger partial charge in [0.2, 0.25) is 29.4 Å². The van der Waals surface area contributed by atoms with E-state index in [4.69, 9.17) is 28.7 Å². The number of fused-ring (bicyclic) bond motifs is 1. The molecule has 0 aliphatic rings. The topological polar surface area (TPSA) is 277 Å². The molecular weight excluding hydrogens is 564 g/mol. The van der Waals surface area contributed by atoms with E-state index in [9.17, 15) is 24.0 Å². The number of aromatic nitrogens is 1. The number of para-hydroxylation sites is 1. The maximum atomic E-state index is 13.3. The fraction of sp³-hybridized carbons (Fsp3) is 0.500. The monoisotopic (exact) mass is 604 g/mol. The second kappa shape index (κ2) is 17.0.